The third-order valence-electron chi connectivity index (χ3n) is 3.18. The van der Waals surface area contributed by atoms with Crippen molar-refractivity contribution in [1.29, 1.82) is 0 Å². The van der Waals surface area contributed by atoms with Crippen LogP contribution in [0.4, 0.5) is 0 Å². The van der Waals surface area contributed by atoms with Crippen molar-refractivity contribution < 1.29 is 9.53 Å². The number of nitrogens with one attached hydrogen (secondary N) is 1. The third kappa shape index (κ3) is 2.25. The van der Waals surface area contributed by atoms with Crippen LogP contribution in [0.15, 0.2) is 0 Å². The molecule has 0 aromatic rings. The van der Waals surface area contributed by atoms with Gasteiger partial charge in [-0.3, -0.25) is 4.79 Å². The van der Waals surface area contributed by atoms with Gasteiger partial charge in [0.15, 0.2) is 0 Å². The second-order valence-electron chi connectivity index (χ2n) is 4.25. The molecule has 1 N–H and O–H groups in total. The lowest BCUT2D eigenvalue weighted by atomic mass is 10.1. The zero-order valence-electron chi connectivity index (χ0n) is 8.66. The van der Waals surface area contributed by atoms with Crippen molar-refractivity contribution in [1.82, 2.24) is 10.2 Å². The van der Waals surface area contributed by atoms with E-state index in [0.29, 0.717) is 12.6 Å². The molecule has 0 bridgehead atoms. The highest BCUT2D eigenvalue weighted by molar-refractivity contribution is 5.77. The summed E-state index contributed by atoms with van der Waals surface area (Å²) in [4.78, 5) is 13.3. The van der Waals surface area contributed by atoms with Crippen LogP contribution >= 0.6 is 0 Å². The summed E-state index contributed by atoms with van der Waals surface area (Å²) in [5, 5.41) is 2.84. The van der Waals surface area contributed by atoms with Gasteiger partial charge in [0.05, 0.1) is 6.10 Å². The molecule has 1 amide bonds. The number of carbonyl (C=O) groups excluding carboxylic acids is 1. The Morgan fingerprint density at radius 1 is 1.64 bits per heavy atom. The first kappa shape index (κ1) is 9.93. The summed E-state index contributed by atoms with van der Waals surface area (Å²) in [6, 6.07) is 0.648. The van der Waals surface area contributed by atoms with E-state index in [4.69, 9.17) is 4.74 Å². The second-order valence-corrected chi connectivity index (χ2v) is 4.25. The summed E-state index contributed by atoms with van der Waals surface area (Å²) in [5.74, 6) is 0.0148. The average molecular weight is 198 g/mol. The van der Waals surface area contributed by atoms with Crippen LogP contribution in [0.5, 0.6) is 0 Å². The largest absolute Gasteiger partial charge is 0.367 e. The maximum absolute atomic E-state index is 10.9. The van der Waals surface area contributed by atoms with Crippen molar-refractivity contribution in [2.24, 2.45) is 0 Å². The van der Waals surface area contributed by atoms with Gasteiger partial charge in [0.1, 0.15) is 6.61 Å². The zero-order valence-corrected chi connectivity index (χ0v) is 8.66. The maximum atomic E-state index is 10.9. The first-order valence-corrected chi connectivity index (χ1v) is 5.34. The number of hydrogen-bond acceptors (Lipinski definition) is 3. The molecule has 4 heteroatoms. The summed E-state index contributed by atoms with van der Waals surface area (Å²) >= 11 is 0. The second kappa shape index (κ2) is 4.28. The molecule has 14 heavy (non-hydrogen) atoms. The van der Waals surface area contributed by atoms with Crippen LogP contribution < -0.4 is 5.32 Å². The van der Waals surface area contributed by atoms with Crippen molar-refractivity contribution in [2.45, 2.75) is 31.4 Å². The maximum Gasteiger partial charge on any atom is 0.246 e. The molecule has 0 radical (unpaired) electrons. The van der Waals surface area contributed by atoms with E-state index >= 15 is 0 Å². The Balaban J connectivity index is 1.77. The van der Waals surface area contributed by atoms with Crippen LogP contribution in [0.25, 0.3) is 0 Å². The van der Waals surface area contributed by atoms with E-state index in [-0.39, 0.29) is 18.6 Å². The minimum atomic E-state index is 0.0148. The molecular weight excluding hydrogens is 180 g/mol. The molecule has 80 valence electrons. The Hall–Kier alpha value is -0.610. The lowest BCUT2D eigenvalue weighted by Gasteiger charge is -2.28. The van der Waals surface area contributed by atoms with Crippen molar-refractivity contribution in [3.05, 3.63) is 0 Å². The molecule has 2 heterocycles. The summed E-state index contributed by atoms with van der Waals surface area (Å²) < 4.78 is 5.46. The van der Waals surface area contributed by atoms with Gasteiger partial charge in [0.25, 0.3) is 0 Å². The molecule has 4 nitrogen and oxygen atoms in total. The quantitative estimate of drug-likeness (QED) is 0.678. The summed E-state index contributed by atoms with van der Waals surface area (Å²) in [6.45, 7) is 2.12. The van der Waals surface area contributed by atoms with Crippen LogP contribution in [-0.4, -0.2) is 49.7 Å². The predicted octanol–water partition coefficient (Wildman–Crippen LogP) is -0.0143. The van der Waals surface area contributed by atoms with Gasteiger partial charge < -0.3 is 15.0 Å². The fraction of sp³-hybridized carbons (Fsp3) is 0.900. The van der Waals surface area contributed by atoms with Crippen LogP contribution in [0.1, 0.15) is 19.3 Å². The number of hydrogen-bond donors (Lipinski definition) is 1. The molecule has 2 aliphatic heterocycles. The van der Waals surface area contributed by atoms with Gasteiger partial charge >= 0.3 is 0 Å². The smallest absolute Gasteiger partial charge is 0.246 e. The molecule has 2 aliphatic rings. The van der Waals surface area contributed by atoms with E-state index in [2.05, 4.69) is 17.3 Å². The fourth-order valence-corrected chi connectivity index (χ4v) is 2.26. The first-order chi connectivity index (χ1) is 6.75. The van der Waals surface area contributed by atoms with Gasteiger partial charge in [0, 0.05) is 12.6 Å². The van der Waals surface area contributed by atoms with Gasteiger partial charge in [-0.15, -0.1) is 0 Å². The molecular formula is C10H18N2O2. The van der Waals surface area contributed by atoms with Crippen LogP contribution in [0.2, 0.25) is 0 Å². The average Bonchev–Trinajstić information content (AvgIpc) is 2.56. The highest BCUT2D eigenvalue weighted by atomic mass is 16.5. The SMILES string of the molecule is CN1CCCC1CC1CNC(=O)CO1. The number of likely N-dealkylation sites (tertiary alicyclic amines) is 1. The molecule has 2 saturated heterocycles. The predicted molar refractivity (Wildman–Crippen MR) is 53.0 cm³/mol. The minimum absolute atomic E-state index is 0.0148. The van der Waals surface area contributed by atoms with Crippen LogP contribution in [0.3, 0.4) is 0 Å². The zero-order chi connectivity index (χ0) is 9.97. The van der Waals surface area contributed by atoms with Gasteiger partial charge in [0.2, 0.25) is 5.91 Å². The summed E-state index contributed by atoms with van der Waals surface area (Å²) in [5.41, 5.74) is 0. The van der Waals surface area contributed by atoms with Crippen molar-refractivity contribution in [3.63, 3.8) is 0 Å². The molecule has 0 aromatic heterocycles. The molecule has 2 atom stereocenters. The van der Waals surface area contributed by atoms with Gasteiger partial charge in [-0.1, -0.05) is 0 Å². The lowest BCUT2D eigenvalue weighted by molar-refractivity contribution is -0.133. The minimum Gasteiger partial charge on any atom is -0.367 e. The van der Waals surface area contributed by atoms with E-state index in [1.165, 1.54) is 19.4 Å². The standard InChI is InChI=1S/C10H18N2O2/c1-12-4-2-3-8(12)5-9-6-11-10(13)7-14-9/h8-9H,2-7H2,1H3,(H,11,13). The molecule has 0 spiro atoms. The molecule has 2 rings (SSSR count). The Morgan fingerprint density at radius 2 is 2.50 bits per heavy atom. The van der Waals surface area contributed by atoms with Crippen LogP contribution in [-0.2, 0) is 9.53 Å². The number of amides is 1. The molecule has 0 aromatic carbocycles. The number of carbonyl (C=O) groups is 1. The molecule has 0 aliphatic carbocycles. The van der Waals surface area contributed by atoms with Crippen LogP contribution in [0, 0.1) is 0 Å². The Labute approximate surface area is 84.6 Å². The topological polar surface area (TPSA) is 41.6 Å². The van der Waals surface area contributed by atoms with Crippen molar-refractivity contribution in [2.75, 3.05) is 26.7 Å². The molecule has 0 saturated carbocycles. The van der Waals surface area contributed by atoms with E-state index in [9.17, 15) is 4.79 Å². The first-order valence-electron chi connectivity index (χ1n) is 5.34. The van der Waals surface area contributed by atoms with Crippen molar-refractivity contribution >= 4 is 5.91 Å². The monoisotopic (exact) mass is 198 g/mol. The molecule has 2 unspecified atom stereocenters. The van der Waals surface area contributed by atoms with E-state index < -0.39 is 0 Å². The Morgan fingerprint density at radius 3 is 3.07 bits per heavy atom. The van der Waals surface area contributed by atoms with E-state index in [1.807, 2.05) is 0 Å². The fourth-order valence-electron chi connectivity index (χ4n) is 2.26. The lowest BCUT2D eigenvalue weighted by Crippen LogP contribution is -2.45. The number of morpholine rings is 1. The van der Waals surface area contributed by atoms with Gasteiger partial charge in [-0.2, -0.15) is 0 Å². The van der Waals surface area contributed by atoms with E-state index in [0.717, 1.165) is 6.42 Å². The third-order valence-corrected chi connectivity index (χ3v) is 3.18. The number of rotatable bonds is 2. The summed E-state index contributed by atoms with van der Waals surface area (Å²) in [7, 11) is 2.17. The molecule has 2 fully saturated rings. The Kier molecular flexibility index (Phi) is 3.03. The van der Waals surface area contributed by atoms with Gasteiger partial charge in [-0.05, 0) is 32.9 Å². The van der Waals surface area contributed by atoms with Crippen molar-refractivity contribution in [3.8, 4) is 0 Å². The summed E-state index contributed by atoms with van der Waals surface area (Å²) in [6.07, 6.45) is 3.83. The Bertz CT molecular complexity index is 210. The number of ether oxygens (including phenoxy) is 1. The highest BCUT2D eigenvalue weighted by Gasteiger charge is 2.27. The number of nitrogens with zero attached hydrogens (tertiary/aromatic N) is 1. The normalized spacial score (nSPS) is 34.5. The highest BCUT2D eigenvalue weighted by Crippen LogP contribution is 2.20. The van der Waals surface area contributed by atoms with E-state index in [1.54, 1.807) is 0 Å². The van der Waals surface area contributed by atoms with Gasteiger partial charge in [-0.25, -0.2) is 0 Å².